The largest absolute Gasteiger partial charge is 0.337 e. The minimum absolute atomic E-state index is 0.0377. The van der Waals surface area contributed by atoms with Gasteiger partial charge in [-0.2, -0.15) is 0 Å². The lowest BCUT2D eigenvalue weighted by Gasteiger charge is -2.12. The van der Waals surface area contributed by atoms with E-state index >= 15 is 0 Å². The highest BCUT2D eigenvalue weighted by atomic mass is 32.2. The number of hydrogen-bond acceptors (Lipinski definition) is 4. The molecule has 8 heteroatoms. The van der Waals surface area contributed by atoms with Crippen LogP contribution < -0.4 is 16.0 Å². The standard InChI is InChI=1S/C14H21N3O4S/c1-4-13(18)16-11-6-5-10(2)12(9-11)17-14(19)15-7-8-22(3,20)21/h5-6,9H,4,7-8H2,1-3H3,(H,16,18)(H2,15,17,19). The van der Waals surface area contributed by atoms with Crippen molar-refractivity contribution < 1.29 is 18.0 Å². The zero-order valence-corrected chi connectivity index (χ0v) is 13.7. The molecule has 7 nitrogen and oxygen atoms in total. The van der Waals surface area contributed by atoms with Crippen LogP contribution in [0, 0.1) is 6.92 Å². The Balaban J connectivity index is 2.65. The summed E-state index contributed by atoms with van der Waals surface area (Å²) in [4.78, 5) is 23.1. The van der Waals surface area contributed by atoms with Gasteiger partial charge in [0.15, 0.2) is 0 Å². The van der Waals surface area contributed by atoms with Crippen molar-refractivity contribution in [2.24, 2.45) is 0 Å². The van der Waals surface area contributed by atoms with Gasteiger partial charge in [0.1, 0.15) is 9.84 Å². The number of amides is 3. The molecule has 3 amide bonds. The van der Waals surface area contributed by atoms with Crippen LogP contribution in [0.2, 0.25) is 0 Å². The molecule has 0 heterocycles. The van der Waals surface area contributed by atoms with Gasteiger partial charge in [0, 0.05) is 30.6 Å². The van der Waals surface area contributed by atoms with E-state index in [2.05, 4.69) is 16.0 Å². The number of benzene rings is 1. The number of sulfone groups is 1. The van der Waals surface area contributed by atoms with Crippen LogP contribution in [0.4, 0.5) is 16.2 Å². The van der Waals surface area contributed by atoms with E-state index in [1.165, 1.54) is 0 Å². The number of nitrogens with one attached hydrogen (secondary N) is 3. The molecular formula is C14H21N3O4S. The SMILES string of the molecule is CCC(=O)Nc1ccc(C)c(NC(=O)NCCS(C)(=O)=O)c1. The second-order valence-electron chi connectivity index (χ2n) is 4.94. The second-order valence-corrected chi connectivity index (χ2v) is 7.20. The molecule has 0 fully saturated rings. The van der Waals surface area contributed by atoms with Crippen molar-refractivity contribution in [1.82, 2.24) is 5.32 Å². The number of aryl methyl sites for hydroxylation is 1. The van der Waals surface area contributed by atoms with E-state index in [4.69, 9.17) is 0 Å². The summed E-state index contributed by atoms with van der Waals surface area (Å²) < 4.78 is 22.0. The average molecular weight is 327 g/mol. The third-order valence-electron chi connectivity index (χ3n) is 2.85. The summed E-state index contributed by atoms with van der Waals surface area (Å²) in [6, 6.07) is 4.68. The first-order chi connectivity index (χ1) is 10.2. The zero-order valence-electron chi connectivity index (χ0n) is 12.9. The number of urea groups is 1. The molecule has 0 spiro atoms. The Morgan fingerprint density at radius 1 is 1.18 bits per heavy atom. The number of anilines is 2. The summed E-state index contributed by atoms with van der Waals surface area (Å²) >= 11 is 0. The zero-order chi connectivity index (χ0) is 16.8. The first kappa shape index (κ1) is 18.0. The molecule has 0 aromatic heterocycles. The predicted octanol–water partition coefficient (Wildman–Crippen LogP) is 1.51. The van der Waals surface area contributed by atoms with Crippen LogP contribution in [-0.2, 0) is 14.6 Å². The highest BCUT2D eigenvalue weighted by Crippen LogP contribution is 2.20. The van der Waals surface area contributed by atoms with Crippen LogP contribution in [0.15, 0.2) is 18.2 Å². The fourth-order valence-corrected chi connectivity index (χ4v) is 2.07. The molecule has 0 saturated heterocycles. The maximum absolute atomic E-state index is 11.7. The molecule has 0 radical (unpaired) electrons. The third kappa shape index (κ3) is 6.57. The van der Waals surface area contributed by atoms with E-state index in [-0.39, 0.29) is 18.2 Å². The van der Waals surface area contributed by atoms with E-state index < -0.39 is 15.9 Å². The summed E-state index contributed by atoms with van der Waals surface area (Å²) in [6.07, 6.45) is 1.47. The van der Waals surface area contributed by atoms with E-state index in [1.807, 2.05) is 6.92 Å². The second kappa shape index (κ2) is 7.79. The highest BCUT2D eigenvalue weighted by molar-refractivity contribution is 7.90. The Morgan fingerprint density at radius 2 is 1.86 bits per heavy atom. The van der Waals surface area contributed by atoms with Crippen LogP contribution in [0.5, 0.6) is 0 Å². The van der Waals surface area contributed by atoms with Gasteiger partial charge in [-0.25, -0.2) is 13.2 Å². The van der Waals surface area contributed by atoms with Gasteiger partial charge < -0.3 is 16.0 Å². The van der Waals surface area contributed by atoms with Crippen molar-refractivity contribution in [2.75, 3.05) is 29.2 Å². The molecule has 1 aromatic rings. The molecule has 1 aromatic carbocycles. The van der Waals surface area contributed by atoms with Gasteiger partial charge in [0.05, 0.1) is 5.75 Å². The summed E-state index contributed by atoms with van der Waals surface area (Å²) in [5.74, 6) is -0.237. The summed E-state index contributed by atoms with van der Waals surface area (Å²) in [5.41, 5.74) is 1.96. The minimum Gasteiger partial charge on any atom is -0.337 e. The van der Waals surface area contributed by atoms with Crippen molar-refractivity contribution in [3.8, 4) is 0 Å². The quantitative estimate of drug-likeness (QED) is 0.736. The fraction of sp³-hybridized carbons (Fsp3) is 0.429. The highest BCUT2D eigenvalue weighted by Gasteiger charge is 2.08. The Hall–Kier alpha value is -2.09. The van der Waals surface area contributed by atoms with E-state index in [9.17, 15) is 18.0 Å². The van der Waals surface area contributed by atoms with Crippen LogP contribution in [-0.4, -0.2) is 38.9 Å². The number of rotatable bonds is 6. The summed E-state index contributed by atoms with van der Waals surface area (Å²) in [6.45, 7) is 3.60. The van der Waals surface area contributed by atoms with Crippen LogP contribution in [0.3, 0.4) is 0 Å². The molecule has 0 aliphatic carbocycles. The molecule has 0 atom stereocenters. The molecule has 3 N–H and O–H groups in total. The van der Waals surface area contributed by atoms with E-state index in [0.717, 1.165) is 11.8 Å². The van der Waals surface area contributed by atoms with E-state index in [0.29, 0.717) is 17.8 Å². The first-order valence-electron chi connectivity index (χ1n) is 6.84. The molecule has 0 saturated carbocycles. The monoisotopic (exact) mass is 327 g/mol. The third-order valence-corrected chi connectivity index (χ3v) is 3.79. The Labute approximate surface area is 130 Å². The predicted molar refractivity (Wildman–Crippen MR) is 86.8 cm³/mol. The molecule has 122 valence electrons. The van der Waals surface area contributed by atoms with Gasteiger partial charge in [0.25, 0.3) is 0 Å². The van der Waals surface area contributed by atoms with Gasteiger partial charge in [0.2, 0.25) is 5.91 Å². The van der Waals surface area contributed by atoms with Crippen LogP contribution >= 0.6 is 0 Å². The fourth-order valence-electron chi connectivity index (χ4n) is 1.60. The Kier molecular flexibility index (Phi) is 6.36. The molecule has 22 heavy (non-hydrogen) atoms. The van der Waals surface area contributed by atoms with Crippen molar-refractivity contribution in [1.29, 1.82) is 0 Å². The van der Waals surface area contributed by atoms with Gasteiger partial charge in [-0.3, -0.25) is 4.79 Å². The lowest BCUT2D eigenvalue weighted by molar-refractivity contribution is -0.115. The number of carbonyl (C=O) groups is 2. The van der Waals surface area contributed by atoms with Gasteiger partial charge in [-0.05, 0) is 24.6 Å². The maximum atomic E-state index is 11.7. The maximum Gasteiger partial charge on any atom is 0.319 e. The average Bonchev–Trinajstić information content (AvgIpc) is 2.41. The molecular weight excluding hydrogens is 306 g/mol. The van der Waals surface area contributed by atoms with Crippen LogP contribution in [0.25, 0.3) is 0 Å². The molecule has 1 rings (SSSR count). The summed E-state index contributed by atoms with van der Waals surface area (Å²) in [7, 11) is -3.11. The minimum atomic E-state index is -3.11. The molecule has 0 unspecified atom stereocenters. The first-order valence-corrected chi connectivity index (χ1v) is 8.90. The van der Waals surface area contributed by atoms with Crippen molar-refractivity contribution >= 4 is 33.2 Å². The van der Waals surface area contributed by atoms with Gasteiger partial charge in [-0.15, -0.1) is 0 Å². The topological polar surface area (TPSA) is 104 Å². The Morgan fingerprint density at radius 3 is 2.45 bits per heavy atom. The lowest BCUT2D eigenvalue weighted by Crippen LogP contribution is -2.32. The van der Waals surface area contributed by atoms with Crippen molar-refractivity contribution in [3.05, 3.63) is 23.8 Å². The van der Waals surface area contributed by atoms with Gasteiger partial charge >= 0.3 is 6.03 Å². The van der Waals surface area contributed by atoms with Crippen molar-refractivity contribution in [3.63, 3.8) is 0 Å². The smallest absolute Gasteiger partial charge is 0.319 e. The van der Waals surface area contributed by atoms with Gasteiger partial charge in [-0.1, -0.05) is 13.0 Å². The van der Waals surface area contributed by atoms with Crippen LogP contribution in [0.1, 0.15) is 18.9 Å². The normalized spacial score (nSPS) is 10.9. The molecule has 0 aliphatic heterocycles. The van der Waals surface area contributed by atoms with E-state index in [1.54, 1.807) is 25.1 Å². The van der Waals surface area contributed by atoms with Crippen molar-refractivity contribution in [2.45, 2.75) is 20.3 Å². The number of carbonyl (C=O) groups excluding carboxylic acids is 2. The molecule has 0 aliphatic rings. The summed E-state index contributed by atoms with van der Waals surface area (Å²) in [5, 5.41) is 7.81. The molecule has 0 bridgehead atoms. The Bertz CT molecular complexity index is 656. The lowest BCUT2D eigenvalue weighted by atomic mass is 10.2. The number of hydrogen-bond donors (Lipinski definition) is 3.